The Morgan fingerprint density at radius 1 is 0.905 bits per heavy atom. The number of hydrogen-bond acceptors (Lipinski definition) is 5. The average Bonchev–Trinajstić information content (AvgIpc) is 3.36. The molecule has 4 nitrogen and oxygen atoms in total. The summed E-state index contributed by atoms with van der Waals surface area (Å²) >= 11 is 4.43. The van der Waals surface area contributed by atoms with E-state index in [2.05, 4.69) is 45.8 Å². The maximum Gasteiger partial charge on any atom is 0.216 e. The number of thiol groups is 1. The van der Waals surface area contributed by atoms with E-state index in [0.717, 1.165) is 44.5 Å². The molecule has 0 aliphatic rings. The molecule has 0 bridgehead atoms. The number of fused-ring (bicyclic) bond motifs is 3. The van der Waals surface area contributed by atoms with Crippen molar-refractivity contribution < 1.29 is 27.3 Å². The fraction of sp³-hybridized carbons (Fsp3) is 0.194. The molecule has 0 saturated heterocycles. The minimum absolute atomic E-state index is 0. The van der Waals surface area contributed by atoms with E-state index in [-0.39, 0.29) is 20.1 Å². The van der Waals surface area contributed by atoms with Crippen LogP contribution in [0.3, 0.4) is 0 Å². The first-order valence-electron chi connectivity index (χ1n) is 14.4. The Kier molecular flexibility index (Phi) is 9.24. The number of aromatic nitrogens is 3. The van der Waals surface area contributed by atoms with E-state index in [1.165, 1.54) is 5.56 Å². The third kappa shape index (κ3) is 7.83. The zero-order valence-electron chi connectivity index (χ0n) is 26.2. The SMILES string of the molecule is Cc1ccc(-c2[c-]cccc2)nc1.[2H]C([2H])(/C(S)=C/c1ccc(-c2[c-]ccc3c2oc2nc(C)ccc23)nc1)C(C)(C)C.[Ir]. The van der Waals surface area contributed by atoms with Crippen molar-refractivity contribution >= 4 is 40.8 Å². The van der Waals surface area contributed by atoms with E-state index >= 15 is 0 Å². The van der Waals surface area contributed by atoms with Crippen molar-refractivity contribution in [2.75, 3.05) is 0 Å². The van der Waals surface area contributed by atoms with Crippen molar-refractivity contribution in [1.82, 2.24) is 15.0 Å². The van der Waals surface area contributed by atoms with Crippen molar-refractivity contribution in [3.63, 3.8) is 0 Å². The minimum Gasteiger partial charge on any atom is -0.486 e. The predicted octanol–water partition coefficient (Wildman–Crippen LogP) is 9.71. The molecule has 0 N–H and O–H groups in total. The molecule has 6 heteroatoms. The summed E-state index contributed by atoms with van der Waals surface area (Å²) in [4.78, 5) is 13.7. The second kappa shape index (κ2) is 13.6. The van der Waals surface area contributed by atoms with Gasteiger partial charge in [0, 0.05) is 46.3 Å². The molecular weight excluding hydrogens is 715 g/mol. The van der Waals surface area contributed by atoms with Gasteiger partial charge in [0.05, 0.1) is 5.58 Å². The molecule has 1 radical (unpaired) electrons. The molecule has 215 valence electrons. The van der Waals surface area contributed by atoms with E-state index in [0.29, 0.717) is 16.2 Å². The predicted molar refractivity (Wildman–Crippen MR) is 173 cm³/mol. The van der Waals surface area contributed by atoms with Crippen LogP contribution in [0.5, 0.6) is 0 Å². The van der Waals surface area contributed by atoms with Gasteiger partial charge in [0.1, 0.15) is 0 Å². The third-order valence-electron chi connectivity index (χ3n) is 6.18. The van der Waals surface area contributed by atoms with Crippen LogP contribution >= 0.6 is 12.6 Å². The topological polar surface area (TPSA) is 51.8 Å². The summed E-state index contributed by atoms with van der Waals surface area (Å²) in [5.41, 5.74) is 7.14. The van der Waals surface area contributed by atoms with Crippen LogP contribution in [0, 0.1) is 31.4 Å². The minimum atomic E-state index is -1.55. The number of hydrogen-bond donors (Lipinski definition) is 1. The standard InChI is InChI=1S/C24H23N2OS.C12H10N.Ir/c1-15-8-10-19-18-6-5-7-20(22(18)27-23(19)26-15)21-11-9-16(14-25-21)12-17(28)13-24(2,3)4;1-10-7-8-12(13-9-10)11-5-3-2-4-6-11;/h5-6,8-12,14,28H,13H2,1-4H3;2-5,7-9H,1H3;/q2*-1;/b17-12-;;/i13D2;;. The van der Waals surface area contributed by atoms with Gasteiger partial charge in [-0.1, -0.05) is 56.0 Å². The van der Waals surface area contributed by atoms with Crippen molar-refractivity contribution in [3.8, 4) is 22.5 Å². The Bertz CT molecular complexity index is 1900. The first kappa shape index (κ1) is 28.5. The molecule has 6 aromatic rings. The number of rotatable bonds is 4. The molecular formula is C36H33IrN3OS-2. The quantitative estimate of drug-likeness (QED) is 0.144. The number of nitrogens with zero attached hydrogens (tertiary/aromatic N) is 3. The summed E-state index contributed by atoms with van der Waals surface area (Å²) in [7, 11) is 0. The maximum atomic E-state index is 8.35. The summed E-state index contributed by atoms with van der Waals surface area (Å²) in [6, 6.07) is 29.9. The number of benzene rings is 2. The Labute approximate surface area is 269 Å². The summed E-state index contributed by atoms with van der Waals surface area (Å²) < 4.78 is 22.7. The van der Waals surface area contributed by atoms with Crippen molar-refractivity contribution in [2.45, 2.75) is 41.0 Å². The molecule has 0 aliphatic heterocycles. The van der Waals surface area contributed by atoms with Crippen LogP contribution in [-0.2, 0) is 20.1 Å². The van der Waals surface area contributed by atoms with Gasteiger partial charge in [-0.05, 0) is 71.3 Å². The van der Waals surface area contributed by atoms with Crippen LogP contribution in [0.25, 0.3) is 50.7 Å². The normalized spacial score (nSPS) is 12.7. The number of furan rings is 1. The smallest absolute Gasteiger partial charge is 0.216 e. The Balaban J connectivity index is 0.000000264. The van der Waals surface area contributed by atoms with Crippen molar-refractivity contribution in [3.05, 3.63) is 119 Å². The molecule has 4 heterocycles. The summed E-state index contributed by atoms with van der Waals surface area (Å²) in [5.74, 6) is 0. The van der Waals surface area contributed by atoms with Crippen LogP contribution in [0.15, 0.2) is 94.5 Å². The zero-order chi connectivity index (χ0) is 30.8. The zero-order valence-corrected chi connectivity index (χ0v) is 27.5. The summed E-state index contributed by atoms with van der Waals surface area (Å²) in [5, 5.41) is 1.95. The molecule has 6 rings (SSSR count). The van der Waals surface area contributed by atoms with Gasteiger partial charge >= 0.3 is 0 Å². The van der Waals surface area contributed by atoms with Crippen molar-refractivity contribution in [2.24, 2.45) is 5.41 Å². The first-order valence-corrected chi connectivity index (χ1v) is 13.9. The van der Waals surface area contributed by atoms with Gasteiger partial charge in [-0.25, -0.2) is 4.98 Å². The molecule has 0 spiro atoms. The van der Waals surface area contributed by atoms with Gasteiger partial charge in [0.15, 0.2) is 0 Å². The molecule has 0 amide bonds. The van der Waals surface area contributed by atoms with Gasteiger partial charge in [-0.2, -0.15) is 0 Å². The van der Waals surface area contributed by atoms with E-state index < -0.39 is 11.8 Å². The molecule has 4 aromatic heterocycles. The number of pyridine rings is 3. The van der Waals surface area contributed by atoms with Crippen LogP contribution < -0.4 is 0 Å². The molecule has 0 unspecified atom stereocenters. The van der Waals surface area contributed by atoms with Gasteiger partial charge in [0.2, 0.25) is 5.71 Å². The molecule has 0 saturated carbocycles. The first-order chi connectivity index (χ1) is 20.4. The van der Waals surface area contributed by atoms with Gasteiger partial charge < -0.3 is 14.4 Å². The summed E-state index contributed by atoms with van der Waals surface area (Å²) in [6.45, 7) is 9.55. The number of allylic oxidation sites excluding steroid dienone is 1. The fourth-order valence-electron chi connectivity index (χ4n) is 4.30. The largest absolute Gasteiger partial charge is 0.486 e. The number of aryl methyl sites for hydroxylation is 2. The van der Waals surface area contributed by atoms with Gasteiger partial charge in [0.25, 0.3) is 0 Å². The van der Waals surface area contributed by atoms with E-state index in [4.69, 9.17) is 7.16 Å². The van der Waals surface area contributed by atoms with Crippen molar-refractivity contribution in [1.29, 1.82) is 0 Å². The van der Waals surface area contributed by atoms with Crippen LogP contribution in [0.1, 0.15) is 46.7 Å². The fourth-order valence-corrected chi connectivity index (χ4v) is 4.79. The maximum absolute atomic E-state index is 8.35. The molecule has 0 aliphatic carbocycles. The van der Waals surface area contributed by atoms with Crippen LogP contribution in [0.2, 0.25) is 0 Å². The van der Waals surface area contributed by atoms with Crippen LogP contribution in [-0.4, -0.2) is 15.0 Å². The Morgan fingerprint density at radius 2 is 1.69 bits per heavy atom. The third-order valence-corrected chi connectivity index (χ3v) is 6.42. The Hall–Kier alpha value is -3.57. The second-order valence-corrected chi connectivity index (χ2v) is 11.4. The van der Waals surface area contributed by atoms with Gasteiger partial charge in [-0.15, -0.1) is 66.7 Å². The van der Waals surface area contributed by atoms with Gasteiger partial charge in [-0.3, -0.25) is 0 Å². The molecule has 0 fully saturated rings. The second-order valence-electron chi connectivity index (χ2n) is 10.9. The van der Waals surface area contributed by atoms with E-state index in [1.807, 2.05) is 108 Å². The van der Waals surface area contributed by atoms with E-state index in [1.54, 1.807) is 12.3 Å². The monoisotopic (exact) mass is 750 g/mol. The average molecular weight is 750 g/mol. The Morgan fingerprint density at radius 3 is 2.36 bits per heavy atom. The molecule has 2 aromatic carbocycles. The van der Waals surface area contributed by atoms with Crippen LogP contribution in [0.4, 0.5) is 0 Å². The van der Waals surface area contributed by atoms with E-state index in [9.17, 15) is 0 Å². The molecule has 42 heavy (non-hydrogen) atoms. The summed E-state index contributed by atoms with van der Waals surface area (Å²) in [6.07, 6.45) is 3.76. The molecule has 0 atom stereocenters.